The normalized spacial score (nSPS) is 22.3. The molecule has 0 aromatic heterocycles. The summed E-state index contributed by atoms with van der Waals surface area (Å²) in [6.45, 7) is 4.47. The number of hydrogen-bond donors (Lipinski definition) is 1. The van der Waals surface area contributed by atoms with Gasteiger partial charge in [-0.2, -0.15) is 0 Å². The molecule has 2 fully saturated rings. The lowest BCUT2D eigenvalue weighted by Crippen LogP contribution is -2.47. The van der Waals surface area contributed by atoms with Crippen LogP contribution in [0.4, 0.5) is 0 Å². The van der Waals surface area contributed by atoms with Crippen molar-refractivity contribution in [3.8, 4) is 5.75 Å². The number of methoxy groups -OCH3 is 1. The Hall–Kier alpha value is -0.580. The van der Waals surface area contributed by atoms with Crippen molar-refractivity contribution < 1.29 is 4.74 Å². The largest absolute Gasteiger partial charge is 0.496 e. The Kier molecular flexibility index (Phi) is 4.64. The number of halogens is 1. The summed E-state index contributed by atoms with van der Waals surface area (Å²) in [5.74, 6) is 1.82. The van der Waals surface area contributed by atoms with Gasteiger partial charge >= 0.3 is 0 Å². The van der Waals surface area contributed by atoms with Crippen molar-refractivity contribution in [2.75, 3.05) is 33.3 Å². The highest BCUT2D eigenvalue weighted by Gasteiger charge is 2.35. The van der Waals surface area contributed by atoms with Gasteiger partial charge in [0, 0.05) is 42.3 Å². The maximum atomic E-state index is 5.63. The molecule has 4 heteroatoms. The zero-order chi connectivity index (χ0) is 13.9. The quantitative estimate of drug-likeness (QED) is 0.912. The molecule has 1 aliphatic heterocycles. The van der Waals surface area contributed by atoms with Gasteiger partial charge in [0.1, 0.15) is 5.75 Å². The minimum Gasteiger partial charge on any atom is -0.496 e. The molecule has 1 aromatic carbocycles. The van der Waals surface area contributed by atoms with Crippen LogP contribution in [0.2, 0.25) is 0 Å². The van der Waals surface area contributed by atoms with Crippen molar-refractivity contribution >= 4 is 15.9 Å². The molecule has 1 aliphatic carbocycles. The summed E-state index contributed by atoms with van der Waals surface area (Å²) >= 11 is 3.62. The van der Waals surface area contributed by atoms with Gasteiger partial charge in [0.05, 0.1) is 7.11 Å². The Morgan fingerprint density at radius 2 is 2.05 bits per heavy atom. The minimum atomic E-state index is 0.512. The first kappa shape index (κ1) is 14.4. The summed E-state index contributed by atoms with van der Waals surface area (Å²) in [5.41, 5.74) is 1.36. The van der Waals surface area contributed by atoms with Gasteiger partial charge in [0.2, 0.25) is 0 Å². The zero-order valence-electron chi connectivity index (χ0n) is 12.1. The molecule has 1 heterocycles. The maximum absolute atomic E-state index is 5.63. The molecule has 1 atom stereocenters. The van der Waals surface area contributed by atoms with Crippen molar-refractivity contribution in [3.63, 3.8) is 0 Å². The van der Waals surface area contributed by atoms with Gasteiger partial charge in [0.25, 0.3) is 0 Å². The number of rotatable bonds is 4. The number of ether oxygens (including phenoxy) is 1. The van der Waals surface area contributed by atoms with Crippen molar-refractivity contribution in [3.05, 3.63) is 28.2 Å². The van der Waals surface area contributed by atoms with Crippen LogP contribution in [0.5, 0.6) is 5.75 Å². The summed E-state index contributed by atoms with van der Waals surface area (Å²) in [4.78, 5) is 2.64. The molecule has 0 unspecified atom stereocenters. The zero-order valence-corrected chi connectivity index (χ0v) is 13.7. The predicted octanol–water partition coefficient (Wildman–Crippen LogP) is 3.20. The fourth-order valence-electron chi connectivity index (χ4n) is 3.40. The van der Waals surface area contributed by atoms with Crippen LogP contribution in [0.3, 0.4) is 0 Å². The van der Waals surface area contributed by atoms with E-state index in [4.69, 9.17) is 4.74 Å². The SMILES string of the molecule is COc1ccc(Br)cc1[C@H](C1CCC1)N1CCNCC1. The second kappa shape index (κ2) is 6.46. The summed E-state index contributed by atoms with van der Waals surface area (Å²) in [7, 11) is 1.78. The topological polar surface area (TPSA) is 24.5 Å². The Bertz CT molecular complexity index is 456. The Morgan fingerprint density at radius 1 is 1.30 bits per heavy atom. The highest BCUT2D eigenvalue weighted by atomic mass is 79.9. The third-order valence-corrected chi connectivity index (χ3v) is 5.14. The molecule has 110 valence electrons. The van der Waals surface area contributed by atoms with E-state index in [0.717, 1.165) is 42.3 Å². The third kappa shape index (κ3) is 2.87. The second-order valence-corrected chi connectivity index (χ2v) is 6.72. The highest BCUT2D eigenvalue weighted by molar-refractivity contribution is 9.10. The van der Waals surface area contributed by atoms with Gasteiger partial charge in [0.15, 0.2) is 0 Å². The second-order valence-electron chi connectivity index (χ2n) is 5.81. The molecule has 0 amide bonds. The van der Waals surface area contributed by atoms with E-state index >= 15 is 0 Å². The van der Waals surface area contributed by atoms with Crippen LogP contribution in [-0.4, -0.2) is 38.2 Å². The summed E-state index contributed by atoms with van der Waals surface area (Å²) in [6.07, 6.45) is 4.08. The monoisotopic (exact) mass is 338 g/mol. The molecule has 1 saturated carbocycles. The first-order chi connectivity index (χ1) is 9.79. The fraction of sp³-hybridized carbons (Fsp3) is 0.625. The number of benzene rings is 1. The maximum Gasteiger partial charge on any atom is 0.123 e. The molecule has 2 aliphatic rings. The van der Waals surface area contributed by atoms with Crippen LogP contribution < -0.4 is 10.1 Å². The van der Waals surface area contributed by atoms with Crippen molar-refractivity contribution in [2.45, 2.75) is 25.3 Å². The summed E-state index contributed by atoms with van der Waals surface area (Å²) < 4.78 is 6.77. The summed E-state index contributed by atoms with van der Waals surface area (Å²) in [5, 5.41) is 3.45. The number of hydrogen-bond acceptors (Lipinski definition) is 3. The lowest BCUT2D eigenvalue weighted by molar-refractivity contribution is 0.0818. The lowest BCUT2D eigenvalue weighted by atomic mass is 9.76. The summed E-state index contributed by atoms with van der Waals surface area (Å²) in [6, 6.07) is 6.92. The van der Waals surface area contributed by atoms with E-state index in [0.29, 0.717) is 6.04 Å². The average molecular weight is 339 g/mol. The van der Waals surface area contributed by atoms with Gasteiger partial charge < -0.3 is 10.1 Å². The first-order valence-corrected chi connectivity index (χ1v) is 8.37. The molecule has 3 rings (SSSR count). The van der Waals surface area contributed by atoms with Crippen LogP contribution in [0.15, 0.2) is 22.7 Å². The number of piperazine rings is 1. The predicted molar refractivity (Wildman–Crippen MR) is 85.2 cm³/mol. The molecular formula is C16H23BrN2O. The van der Waals surface area contributed by atoms with E-state index in [2.05, 4.69) is 44.3 Å². The van der Waals surface area contributed by atoms with Gasteiger partial charge in [-0.1, -0.05) is 22.4 Å². The van der Waals surface area contributed by atoms with Gasteiger partial charge in [-0.05, 0) is 37.0 Å². The highest BCUT2D eigenvalue weighted by Crippen LogP contribution is 2.44. The standard InChI is InChI=1S/C16H23BrN2O/c1-20-15-6-5-13(17)11-14(15)16(12-3-2-4-12)19-9-7-18-8-10-19/h5-6,11-12,16,18H,2-4,7-10H2,1H3/t16-/m0/s1. The molecule has 0 spiro atoms. The smallest absolute Gasteiger partial charge is 0.123 e. The molecule has 1 aromatic rings. The van der Waals surface area contributed by atoms with Crippen LogP contribution in [-0.2, 0) is 0 Å². The number of nitrogens with one attached hydrogen (secondary N) is 1. The molecule has 0 radical (unpaired) electrons. The van der Waals surface area contributed by atoms with Crippen molar-refractivity contribution in [1.29, 1.82) is 0 Å². The Labute approximate surface area is 129 Å². The van der Waals surface area contributed by atoms with E-state index in [1.54, 1.807) is 7.11 Å². The molecular weight excluding hydrogens is 316 g/mol. The van der Waals surface area contributed by atoms with Gasteiger partial charge in [-0.15, -0.1) is 0 Å². The van der Waals surface area contributed by atoms with Crippen LogP contribution in [0, 0.1) is 5.92 Å². The first-order valence-electron chi connectivity index (χ1n) is 7.58. The Balaban J connectivity index is 1.93. The van der Waals surface area contributed by atoms with Crippen molar-refractivity contribution in [2.24, 2.45) is 5.92 Å². The molecule has 1 N–H and O–H groups in total. The molecule has 0 bridgehead atoms. The van der Waals surface area contributed by atoms with Gasteiger partial charge in [-0.25, -0.2) is 0 Å². The van der Waals surface area contributed by atoms with Crippen molar-refractivity contribution in [1.82, 2.24) is 10.2 Å². The van der Waals surface area contributed by atoms with E-state index in [1.165, 1.54) is 24.8 Å². The molecule has 3 nitrogen and oxygen atoms in total. The molecule has 20 heavy (non-hydrogen) atoms. The molecule has 1 saturated heterocycles. The van der Waals surface area contributed by atoms with Gasteiger partial charge in [-0.3, -0.25) is 4.90 Å². The number of nitrogens with zero attached hydrogens (tertiary/aromatic N) is 1. The van der Waals surface area contributed by atoms with Crippen LogP contribution >= 0.6 is 15.9 Å². The average Bonchev–Trinajstić information content (AvgIpc) is 2.43. The van der Waals surface area contributed by atoms with Crippen LogP contribution in [0.1, 0.15) is 30.9 Å². The third-order valence-electron chi connectivity index (χ3n) is 4.65. The van der Waals surface area contributed by atoms with E-state index in [1.807, 2.05) is 0 Å². The van der Waals surface area contributed by atoms with Crippen LogP contribution in [0.25, 0.3) is 0 Å². The van der Waals surface area contributed by atoms with E-state index in [9.17, 15) is 0 Å². The van der Waals surface area contributed by atoms with E-state index in [-0.39, 0.29) is 0 Å². The Morgan fingerprint density at radius 3 is 2.65 bits per heavy atom. The van der Waals surface area contributed by atoms with E-state index < -0.39 is 0 Å². The lowest BCUT2D eigenvalue weighted by Gasteiger charge is -2.43. The minimum absolute atomic E-state index is 0.512. The fourth-order valence-corrected chi connectivity index (χ4v) is 3.78.